The number of carbonyl (C=O) groups excluding carboxylic acids is 3. The number of nitrogens with one attached hydrogen (secondary N) is 1. The van der Waals surface area contributed by atoms with Crippen molar-refractivity contribution < 1.29 is 19.1 Å². The first-order valence-electron chi connectivity index (χ1n) is 5.91. The van der Waals surface area contributed by atoms with Crippen LogP contribution in [-0.2, 0) is 14.3 Å². The third-order valence-electron chi connectivity index (χ3n) is 2.31. The maximum absolute atomic E-state index is 11.7. The monoisotopic (exact) mass is 296 g/mol. The lowest BCUT2D eigenvalue weighted by molar-refractivity contribution is -0.153. The number of amides is 3. The number of urea groups is 1. The molecule has 3 amide bonds. The summed E-state index contributed by atoms with van der Waals surface area (Å²) in [7, 11) is 0. The Morgan fingerprint density at radius 3 is 2.60 bits per heavy atom. The summed E-state index contributed by atoms with van der Waals surface area (Å²) in [6.07, 6.45) is 1.75. The van der Waals surface area contributed by atoms with Gasteiger partial charge in [-0.3, -0.25) is 10.1 Å². The lowest BCUT2D eigenvalue weighted by Crippen LogP contribution is -2.45. The van der Waals surface area contributed by atoms with Crippen molar-refractivity contribution in [1.29, 1.82) is 0 Å². The Morgan fingerprint density at radius 2 is 2.10 bits per heavy atom. The summed E-state index contributed by atoms with van der Waals surface area (Å²) in [4.78, 5) is 33.9. The summed E-state index contributed by atoms with van der Waals surface area (Å²) >= 11 is 1.50. The summed E-state index contributed by atoms with van der Waals surface area (Å²) in [5.74, 6) is -1.67. The molecular weight excluding hydrogens is 280 g/mol. The molecule has 0 spiro atoms. The van der Waals surface area contributed by atoms with Gasteiger partial charge in [0.25, 0.3) is 5.91 Å². The topological polar surface area (TPSA) is 98.5 Å². The number of ether oxygens (including phenoxy) is 1. The van der Waals surface area contributed by atoms with Crippen molar-refractivity contribution in [2.75, 3.05) is 0 Å². The number of esters is 1. The molecule has 108 valence electrons. The Morgan fingerprint density at radius 1 is 1.40 bits per heavy atom. The van der Waals surface area contributed by atoms with E-state index in [0.717, 1.165) is 5.56 Å². The summed E-state index contributed by atoms with van der Waals surface area (Å²) < 4.78 is 5.03. The molecular formula is C13H16N2O4S. The number of hydrogen-bond donors (Lipinski definition) is 2. The fraction of sp³-hybridized carbons (Fsp3) is 0.308. The molecule has 0 saturated heterocycles. The van der Waals surface area contributed by atoms with Gasteiger partial charge in [0.05, 0.1) is 0 Å². The van der Waals surface area contributed by atoms with E-state index in [9.17, 15) is 14.4 Å². The van der Waals surface area contributed by atoms with Gasteiger partial charge in [0, 0.05) is 6.08 Å². The number of nitrogens with two attached hydrogens (primary N) is 1. The molecule has 1 aromatic heterocycles. The molecule has 1 aromatic rings. The highest BCUT2D eigenvalue weighted by Crippen LogP contribution is 2.10. The lowest BCUT2D eigenvalue weighted by atomic mass is 10.1. The van der Waals surface area contributed by atoms with E-state index >= 15 is 0 Å². The van der Waals surface area contributed by atoms with E-state index < -0.39 is 24.0 Å². The number of thiophene rings is 1. The highest BCUT2D eigenvalue weighted by Gasteiger charge is 2.26. The second-order valence-corrected chi connectivity index (χ2v) is 5.13. The van der Waals surface area contributed by atoms with Crippen molar-refractivity contribution in [3.05, 3.63) is 28.5 Å². The quantitative estimate of drug-likeness (QED) is 0.635. The minimum atomic E-state index is -1.07. The zero-order valence-corrected chi connectivity index (χ0v) is 12.0. The highest BCUT2D eigenvalue weighted by atomic mass is 32.1. The summed E-state index contributed by atoms with van der Waals surface area (Å²) in [6, 6.07) is 0.860. The first-order chi connectivity index (χ1) is 9.40. The van der Waals surface area contributed by atoms with Gasteiger partial charge in [0.15, 0.2) is 6.10 Å². The van der Waals surface area contributed by atoms with Crippen LogP contribution in [0.2, 0.25) is 0 Å². The van der Waals surface area contributed by atoms with E-state index in [-0.39, 0.29) is 5.92 Å². The Labute approximate surface area is 120 Å². The summed E-state index contributed by atoms with van der Waals surface area (Å²) in [5, 5.41) is 5.64. The normalized spacial score (nSPS) is 12.3. The predicted molar refractivity (Wildman–Crippen MR) is 75.8 cm³/mol. The van der Waals surface area contributed by atoms with Gasteiger partial charge >= 0.3 is 12.0 Å². The molecule has 1 heterocycles. The second kappa shape index (κ2) is 7.44. The van der Waals surface area contributed by atoms with E-state index in [1.165, 1.54) is 17.4 Å². The van der Waals surface area contributed by atoms with Gasteiger partial charge < -0.3 is 10.5 Å². The van der Waals surface area contributed by atoms with Gasteiger partial charge in [0.1, 0.15) is 0 Å². The van der Waals surface area contributed by atoms with Gasteiger partial charge in [-0.15, -0.1) is 0 Å². The van der Waals surface area contributed by atoms with E-state index in [1.54, 1.807) is 19.9 Å². The molecule has 3 N–H and O–H groups in total. The molecule has 0 aliphatic heterocycles. The smallest absolute Gasteiger partial charge is 0.331 e. The first-order valence-corrected chi connectivity index (χ1v) is 6.85. The molecule has 0 radical (unpaired) electrons. The average molecular weight is 296 g/mol. The van der Waals surface area contributed by atoms with Crippen LogP contribution in [0.15, 0.2) is 22.9 Å². The zero-order chi connectivity index (χ0) is 15.1. The Hall–Kier alpha value is -2.15. The molecule has 0 unspecified atom stereocenters. The van der Waals surface area contributed by atoms with Crippen LogP contribution in [0.5, 0.6) is 0 Å². The van der Waals surface area contributed by atoms with Crippen LogP contribution < -0.4 is 11.1 Å². The maximum Gasteiger partial charge on any atom is 0.331 e. The molecule has 20 heavy (non-hydrogen) atoms. The van der Waals surface area contributed by atoms with Crippen LogP contribution in [0.3, 0.4) is 0 Å². The fourth-order valence-electron chi connectivity index (χ4n) is 1.38. The van der Waals surface area contributed by atoms with Crippen molar-refractivity contribution >= 4 is 35.3 Å². The largest absolute Gasteiger partial charge is 0.449 e. The molecule has 0 saturated carbocycles. The Kier molecular flexibility index (Phi) is 5.92. The molecule has 7 heteroatoms. The molecule has 0 bridgehead atoms. The highest BCUT2D eigenvalue weighted by molar-refractivity contribution is 7.08. The van der Waals surface area contributed by atoms with E-state index in [2.05, 4.69) is 0 Å². The minimum Gasteiger partial charge on any atom is -0.449 e. The van der Waals surface area contributed by atoms with Crippen LogP contribution in [0.1, 0.15) is 19.4 Å². The number of carbonyl (C=O) groups is 3. The van der Waals surface area contributed by atoms with Crippen molar-refractivity contribution in [2.45, 2.75) is 20.0 Å². The van der Waals surface area contributed by atoms with Crippen LogP contribution in [0.25, 0.3) is 6.08 Å². The number of primary amides is 1. The zero-order valence-electron chi connectivity index (χ0n) is 11.2. The van der Waals surface area contributed by atoms with Gasteiger partial charge in [-0.05, 0) is 34.4 Å². The molecule has 0 aliphatic rings. The number of rotatable bonds is 5. The van der Waals surface area contributed by atoms with Gasteiger partial charge in [-0.1, -0.05) is 13.8 Å². The Balaban J connectivity index is 2.63. The first kappa shape index (κ1) is 15.9. The molecule has 6 nitrogen and oxygen atoms in total. The fourth-order valence-corrected chi connectivity index (χ4v) is 2.01. The summed E-state index contributed by atoms with van der Waals surface area (Å²) in [5.41, 5.74) is 5.73. The third kappa shape index (κ3) is 5.23. The molecule has 1 atom stereocenters. The van der Waals surface area contributed by atoms with Crippen molar-refractivity contribution in [3.63, 3.8) is 0 Å². The van der Waals surface area contributed by atoms with E-state index in [1.807, 2.05) is 22.1 Å². The van der Waals surface area contributed by atoms with E-state index in [4.69, 9.17) is 10.5 Å². The molecule has 0 aliphatic carbocycles. The number of hydrogen-bond acceptors (Lipinski definition) is 5. The standard InChI is InChI=1S/C13H16N2O4S/c1-8(2)11(12(17)15-13(14)18)19-10(16)4-3-9-5-6-20-7-9/h3-8,11H,1-2H3,(H3,14,15,17,18)/b4-3+/t11-/m0/s1. The number of imide groups is 1. The van der Waals surface area contributed by atoms with Gasteiger partial charge in [-0.2, -0.15) is 11.3 Å². The second-order valence-electron chi connectivity index (χ2n) is 4.35. The maximum atomic E-state index is 11.7. The minimum absolute atomic E-state index is 0.284. The van der Waals surface area contributed by atoms with Crippen molar-refractivity contribution in [1.82, 2.24) is 5.32 Å². The summed E-state index contributed by atoms with van der Waals surface area (Å²) in [6.45, 7) is 3.39. The van der Waals surface area contributed by atoms with E-state index in [0.29, 0.717) is 0 Å². The van der Waals surface area contributed by atoms with Crippen LogP contribution in [0, 0.1) is 5.92 Å². The SMILES string of the molecule is CC(C)[C@H](OC(=O)/C=C/c1ccsc1)C(=O)NC(N)=O. The third-order valence-corrected chi connectivity index (χ3v) is 3.01. The van der Waals surface area contributed by atoms with Crippen molar-refractivity contribution in [3.8, 4) is 0 Å². The average Bonchev–Trinajstić information content (AvgIpc) is 2.85. The van der Waals surface area contributed by atoms with Crippen molar-refractivity contribution in [2.24, 2.45) is 11.7 Å². The van der Waals surface area contributed by atoms with Gasteiger partial charge in [-0.25, -0.2) is 9.59 Å². The molecule has 1 rings (SSSR count). The lowest BCUT2D eigenvalue weighted by Gasteiger charge is -2.18. The van der Waals surface area contributed by atoms with Crippen LogP contribution >= 0.6 is 11.3 Å². The van der Waals surface area contributed by atoms with Crippen LogP contribution in [0.4, 0.5) is 4.79 Å². The van der Waals surface area contributed by atoms with Gasteiger partial charge in [0.2, 0.25) is 0 Å². The molecule has 0 fully saturated rings. The Bertz CT molecular complexity index is 508. The molecule has 0 aromatic carbocycles. The van der Waals surface area contributed by atoms with Crippen LogP contribution in [-0.4, -0.2) is 24.0 Å². The predicted octanol–water partition coefficient (Wildman–Crippen LogP) is 1.52.